The van der Waals surface area contributed by atoms with Gasteiger partial charge in [0.25, 0.3) is 0 Å². The van der Waals surface area contributed by atoms with Crippen molar-refractivity contribution in [3.63, 3.8) is 0 Å². The molecule has 0 unspecified atom stereocenters. The molecule has 8 heteroatoms. The van der Waals surface area contributed by atoms with Crippen LogP contribution in [0.15, 0.2) is 60.8 Å². The van der Waals surface area contributed by atoms with E-state index in [0.29, 0.717) is 5.95 Å². The summed E-state index contributed by atoms with van der Waals surface area (Å²) in [5, 5.41) is 8.71. The van der Waals surface area contributed by atoms with Gasteiger partial charge in [-0.05, 0) is 24.3 Å². The first-order valence-corrected chi connectivity index (χ1v) is 10.4. The maximum atomic E-state index is 5.35. The zero-order chi connectivity index (χ0) is 21.2. The Morgan fingerprint density at radius 3 is 2.45 bits per heavy atom. The molecule has 5 rings (SSSR count). The highest BCUT2D eigenvalue weighted by Gasteiger charge is 2.21. The normalized spacial score (nSPS) is 14.1. The van der Waals surface area contributed by atoms with Crippen LogP contribution in [0.5, 0.6) is 5.75 Å². The first kappa shape index (κ1) is 19.2. The number of piperazine rings is 1. The predicted molar refractivity (Wildman–Crippen MR) is 123 cm³/mol. The van der Waals surface area contributed by atoms with E-state index in [4.69, 9.17) is 14.7 Å². The zero-order valence-electron chi connectivity index (χ0n) is 17.7. The molecule has 0 radical (unpaired) electrons. The predicted octanol–water partition coefficient (Wildman–Crippen LogP) is 3.44. The Hall–Kier alpha value is -3.81. The summed E-state index contributed by atoms with van der Waals surface area (Å²) >= 11 is 0. The minimum atomic E-state index is 0.717. The van der Waals surface area contributed by atoms with E-state index in [1.165, 1.54) is 5.69 Å². The van der Waals surface area contributed by atoms with Crippen molar-refractivity contribution in [3.8, 4) is 5.75 Å². The summed E-state index contributed by atoms with van der Waals surface area (Å²) in [4.78, 5) is 14.3. The van der Waals surface area contributed by atoms with Gasteiger partial charge in [0.15, 0.2) is 5.65 Å². The highest BCUT2D eigenvalue weighted by Crippen LogP contribution is 2.28. The van der Waals surface area contributed by atoms with E-state index in [9.17, 15) is 0 Å². The fourth-order valence-corrected chi connectivity index (χ4v) is 3.89. The summed E-state index contributed by atoms with van der Waals surface area (Å²) in [5.74, 6) is 2.25. The van der Waals surface area contributed by atoms with Gasteiger partial charge < -0.3 is 19.9 Å². The molecule has 0 spiro atoms. The Kier molecular flexibility index (Phi) is 5.03. The van der Waals surface area contributed by atoms with Crippen molar-refractivity contribution in [2.75, 3.05) is 48.4 Å². The van der Waals surface area contributed by atoms with E-state index < -0.39 is 0 Å². The van der Waals surface area contributed by atoms with E-state index in [-0.39, 0.29) is 0 Å². The molecule has 2 aromatic heterocycles. The van der Waals surface area contributed by atoms with Crippen LogP contribution < -0.4 is 19.9 Å². The molecular formula is C23H25N7O. The van der Waals surface area contributed by atoms with Crippen LogP contribution in [0.3, 0.4) is 0 Å². The second-order valence-electron chi connectivity index (χ2n) is 7.54. The SMILES string of the molecule is COc1cccc(Nc2nc(N3CCN(c4ccccc4)CC3)nc3c2cnn3C)c1. The van der Waals surface area contributed by atoms with Crippen LogP contribution in [0.1, 0.15) is 0 Å². The van der Waals surface area contributed by atoms with E-state index >= 15 is 0 Å². The molecule has 1 fully saturated rings. The van der Waals surface area contributed by atoms with Gasteiger partial charge >= 0.3 is 0 Å². The highest BCUT2D eigenvalue weighted by atomic mass is 16.5. The third-order valence-electron chi connectivity index (χ3n) is 5.60. The number of ether oxygens (including phenoxy) is 1. The van der Waals surface area contributed by atoms with Gasteiger partial charge in [-0.15, -0.1) is 0 Å². The number of aryl methyl sites for hydroxylation is 1. The van der Waals surface area contributed by atoms with E-state index in [2.05, 4.69) is 44.5 Å². The molecule has 158 valence electrons. The lowest BCUT2D eigenvalue weighted by Gasteiger charge is -2.36. The number of nitrogens with one attached hydrogen (secondary N) is 1. The standard InChI is InChI=1S/C23H25N7O/c1-28-22-20(16-24-28)21(25-17-7-6-10-19(15-17)31-2)26-23(27-22)30-13-11-29(12-14-30)18-8-4-3-5-9-18/h3-10,15-16H,11-14H2,1-2H3,(H,25,26,27). The third-order valence-corrected chi connectivity index (χ3v) is 5.60. The quantitative estimate of drug-likeness (QED) is 0.535. The Bertz CT molecular complexity index is 1180. The van der Waals surface area contributed by atoms with Crippen molar-refractivity contribution >= 4 is 34.2 Å². The van der Waals surface area contributed by atoms with Crippen LogP contribution in [0, 0.1) is 0 Å². The van der Waals surface area contributed by atoms with Crippen LogP contribution in [-0.4, -0.2) is 53.0 Å². The smallest absolute Gasteiger partial charge is 0.229 e. The minimum Gasteiger partial charge on any atom is -0.497 e. The second-order valence-corrected chi connectivity index (χ2v) is 7.54. The van der Waals surface area contributed by atoms with Gasteiger partial charge in [-0.1, -0.05) is 24.3 Å². The Morgan fingerprint density at radius 1 is 0.903 bits per heavy atom. The van der Waals surface area contributed by atoms with Gasteiger partial charge in [0.05, 0.1) is 18.7 Å². The summed E-state index contributed by atoms with van der Waals surface area (Å²) in [7, 11) is 3.57. The molecule has 1 aliphatic heterocycles. The van der Waals surface area contributed by atoms with Crippen LogP contribution in [0.4, 0.5) is 23.1 Å². The van der Waals surface area contributed by atoms with Crippen LogP contribution in [0.25, 0.3) is 11.0 Å². The monoisotopic (exact) mass is 415 g/mol. The van der Waals surface area contributed by atoms with Gasteiger partial charge in [0, 0.05) is 50.7 Å². The van der Waals surface area contributed by atoms with Crippen molar-refractivity contribution in [3.05, 3.63) is 60.8 Å². The molecule has 1 aliphatic rings. The lowest BCUT2D eigenvalue weighted by atomic mass is 10.2. The molecule has 3 heterocycles. The second kappa shape index (κ2) is 8.14. The van der Waals surface area contributed by atoms with Crippen molar-refractivity contribution in [1.29, 1.82) is 0 Å². The van der Waals surface area contributed by atoms with Gasteiger partial charge in [0.1, 0.15) is 11.6 Å². The number of benzene rings is 2. The van der Waals surface area contributed by atoms with Gasteiger partial charge in [-0.25, -0.2) is 0 Å². The van der Waals surface area contributed by atoms with Crippen LogP contribution in [0.2, 0.25) is 0 Å². The first-order valence-electron chi connectivity index (χ1n) is 10.4. The molecule has 0 atom stereocenters. The zero-order valence-corrected chi connectivity index (χ0v) is 17.7. The van der Waals surface area contributed by atoms with E-state index in [0.717, 1.165) is 54.5 Å². The molecular weight excluding hydrogens is 390 g/mol. The molecule has 1 N–H and O–H groups in total. The van der Waals surface area contributed by atoms with Gasteiger partial charge in [0.2, 0.25) is 5.95 Å². The number of hydrogen-bond donors (Lipinski definition) is 1. The molecule has 31 heavy (non-hydrogen) atoms. The number of hydrogen-bond acceptors (Lipinski definition) is 7. The molecule has 0 saturated carbocycles. The Balaban J connectivity index is 1.42. The molecule has 1 saturated heterocycles. The number of anilines is 4. The maximum absolute atomic E-state index is 5.35. The van der Waals surface area contributed by atoms with E-state index in [1.54, 1.807) is 18.0 Å². The molecule has 0 aliphatic carbocycles. The van der Waals surface area contributed by atoms with E-state index in [1.807, 2.05) is 37.4 Å². The summed E-state index contributed by atoms with van der Waals surface area (Å²) in [6, 6.07) is 18.3. The largest absolute Gasteiger partial charge is 0.497 e. The van der Waals surface area contributed by atoms with Crippen molar-refractivity contribution < 1.29 is 4.74 Å². The fourth-order valence-electron chi connectivity index (χ4n) is 3.89. The summed E-state index contributed by atoms with van der Waals surface area (Å²) in [6.07, 6.45) is 1.80. The fraction of sp³-hybridized carbons (Fsp3) is 0.261. The maximum Gasteiger partial charge on any atom is 0.229 e. The molecule has 2 aromatic carbocycles. The molecule has 4 aromatic rings. The lowest BCUT2D eigenvalue weighted by molar-refractivity contribution is 0.415. The lowest BCUT2D eigenvalue weighted by Crippen LogP contribution is -2.47. The molecule has 0 bridgehead atoms. The van der Waals surface area contributed by atoms with Crippen molar-refractivity contribution in [1.82, 2.24) is 19.7 Å². The topological polar surface area (TPSA) is 71.3 Å². The number of methoxy groups -OCH3 is 1. The summed E-state index contributed by atoms with van der Waals surface area (Å²) in [5.41, 5.74) is 2.97. The number of aromatic nitrogens is 4. The van der Waals surface area contributed by atoms with Crippen molar-refractivity contribution in [2.24, 2.45) is 7.05 Å². The van der Waals surface area contributed by atoms with Crippen LogP contribution in [-0.2, 0) is 7.05 Å². The number of fused-ring (bicyclic) bond motifs is 1. The van der Waals surface area contributed by atoms with Gasteiger partial charge in [-0.3, -0.25) is 4.68 Å². The Labute approximate surface area is 181 Å². The van der Waals surface area contributed by atoms with Crippen molar-refractivity contribution in [2.45, 2.75) is 0 Å². The molecule has 0 amide bonds. The van der Waals surface area contributed by atoms with Crippen LogP contribution >= 0.6 is 0 Å². The highest BCUT2D eigenvalue weighted by molar-refractivity contribution is 5.89. The number of rotatable bonds is 5. The average molecular weight is 416 g/mol. The third kappa shape index (κ3) is 3.84. The minimum absolute atomic E-state index is 0.717. The average Bonchev–Trinajstić information content (AvgIpc) is 3.21. The Morgan fingerprint density at radius 2 is 1.68 bits per heavy atom. The van der Waals surface area contributed by atoms with Gasteiger partial charge in [-0.2, -0.15) is 15.1 Å². The number of para-hydroxylation sites is 1. The summed E-state index contributed by atoms with van der Waals surface area (Å²) < 4.78 is 7.14. The number of nitrogens with zero attached hydrogens (tertiary/aromatic N) is 6. The first-order chi connectivity index (χ1) is 15.2. The molecule has 8 nitrogen and oxygen atoms in total. The summed E-state index contributed by atoms with van der Waals surface area (Å²) in [6.45, 7) is 3.57.